The number of rotatable bonds is 8. The average molecular weight is 491 g/mol. The number of thiazole rings is 1. The quantitative estimate of drug-likeness (QED) is 0.291. The summed E-state index contributed by atoms with van der Waals surface area (Å²) in [5.41, 5.74) is 1.98. The summed E-state index contributed by atoms with van der Waals surface area (Å²) in [6, 6.07) is 11.8. The molecule has 0 spiro atoms. The molecule has 1 fully saturated rings. The van der Waals surface area contributed by atoms with Crippen molar-refractivity contribution in [1.82, 2.24) is 25.3 Å². The van der Waals surface area contributed by atoms with Gasteiger partial charge in [0.05, 0.1) is 16.6 Å². The molecule has 4 heterocycles. The molecule has 7 nitrogen and oxygen atoms in total. The lowest BCUT2D eigenvalue weighted by Gasteiger charge is -2.30. The number of nitrogens with zero attached hydrogens (tertiary/aromatic N) is 4. The summed E-state index contributed by atoms with van der Waals surface area (Å²) in [5, 5.41) is 9.78. The highest BCUT2D eigenvalue weighted by Crippen LogP contribution is 2.45. The lowest BCUT2D eigenvalue weighted by molar-refractivity contribution is 0.364. The van der Waals surface area contributed by atoms with Gasteiger partial charge in [0.1, 0.15) is 5.75 Å². The number of anilines is 2. The maximum Gasteiger partial charge on any atom is 0.188 e. The second-order valence-corrected chi connectivity index (χ2v) is 10.2. The first-order chi connectivity index (χ1) is 16.7. The van der Waals surface area contributed by atoms with Crippen molar-refractivity contribution >= 4 is 34.0 Å². The van der Waals surface area contributed by atoms with Crippen LogP contribution in [-0.4, -0.2) is 33.0 Å². The van der Waals surface area contributed by atoms with E-state index in [1.54, 1.807) is 35.5 Å². The summed E-state index contributed by atoms with van der Waals surface area (Å²) in [4.78, 5) is 19.2. The van der Waals surface area contributed by atoms with E-state index >= 15 is 0 Å². The van der Waals surface area contributed by atoms with Crippen LogP contribution in [0.3, 0.4) is 0 Å². The van der Waals surface area contributed by atoms with Crippen LogP contribution in [0.15, 0.2) is 71.5 Å². The minimum Gasteiger partial charge on any atom is -0.453 e. The van der Waals surface area contributed by atoms with Gasteiger partial charge in [-0.3, -0.25) is 9.97 Å². The van der Waals surface area contributed by atoms with Gasteiger partial charge in [0.2, 0.25) is 0 Å². The largest absolute Gasteiger partial charge is 0.453 e. The van der Waals surface area contributed by atoms with E-state index in [4.69, 9.17) is 9.72 Å². The van der Waals surface area contributed by atoms with Crippen molar-refractivity contribution in [3.05, 3.63) is 78.0 Å². The fraction of sp³-hybridized carbons (Fsp3) is 0.280. The van der Waals surface area contributed by atoms with Crippen molar-refractivity contribution in [3.63, 3.8) is 0 Å². The molecule has 5 rings (SSSR count). The zero-order valence-corrected chi connectivity index (χ0v) is 20.5. The van der Waals surface area contributed by atoms with E-state index in [0.717, 1.165) is 53.1 Å². The molecule has 1 unspecified atom stereocenters. The van der Waals surface area contributed by atoms with E-state index in [9.17, 15) is 0 Å². The lowest BCUT2D eigenvalue weighted by Crippen LogP contribution is -2.30. The number of benzene rings is 1. The third-order valence-electron chi connectivity index (χ3n) is 5.59. The van der Waals surface area contributed by atoms with Crippen LogP contribution in [0.25, 0.3) is 0 Å². The monoisotopic (exact) mass is 490 g/mol. The van der Waals surface area contributed by atoms with E-state index < -0.39 is 0 Å². The van der Waals surface area contributed by atoms with Crippen molar-refractivity contribution in [2.45, 2.75) is 29.9 Å². The van der Waals surface area contributed by atoms with E-state index in [1.807, 2.05) is 55.0 Å². The van der Waals surface area contributed by atoms with Crippen molar-refractivity contribution in [3.8, 4) is 11.5 Å². The molecule has 4 aromatic rings. The SMILES string of the molecule is Cc1csc(Nc2ncc(SC(c3cnccn3)C3CCNCC3)cc2Oc2ccccc2)n1. The first-order valence-corrected chi connectivity index (χ1v) is 13.1. The maximum atomic E-state index is 6.26. The summed E-state index contributed by atoms with van der Waals surface area (Å²) in [6.45, 7) is 4.03. The Bertz CT molecular complexity index is 1200. The van der Waals surface area contributed by atoms with E-state index in [2.05, 4.69) is 31.7 Å². The summed E-state index contributed by atoms with van der Waals surface area (Å²) in [6.07, 6.45) is 9.50. The Morgan fingerprint density at radius 2 is 1.97 bits per heavy atom. The minimum atomic E-state index is 0.197. The van der Waals surface area contributed by atoms with Gasteiger partial charge in [-0.2, -0.15) is 0 Å². The molecule has 0 bridgehead atoms. The number of thioether (sulfide) groups is 1. The molecular formula is C25H26N6OS2. The Balaban J connectivity index is 1.45. The fourth-order valence-electron chi connectivity index (χ4n) is 3.94. The third kappa shape index (κ3) is 5.72. The molecule has 0 aliphatic carbocycles. The fourth-order valence-corrected chi connectivity index (χ4v) is 5.92. The van der Waals surface area contributed by atoms with Crippen molar-refractivity contribution in [2.24, 2.45) is 5.92 Å². The van der Waals surface area contributed by atoms with Crippen LogP contribution in [0.2, 0.25) is 0 Å². The predicted molar refractivity (Wildman–Crippen MR) is 137 cm³/mol. The van der Waals surface area contributed by atoms with Gasteiger partial charge >= 0.3 is 0 Å². The first kappa shape index (κ1) is 22.8. The number of piperidine rings is 1. The van der Waals surface area contributed by atoms with Gasteiger partial charge in [0.15, 0.2) is 16.7 Å². The molecule has 34 heavy (non-hydrogen) atoms. The van der Waals surface area contributed by atoms with Crippen LogP contribution < -0.4 is 15.4 Å². The average Bonchev–Trinajstić information content (AvgIpc) is 3.30. The third-order valence-corrected chi connectivity index (χ3v) is 7.84. The van der Waals surface area contributed by atoms with Gasteiger partial charge in [-0.25, -0.2) is 9.97 Å². The number of aromatic nitrogens is 4. The molecule has 0 saturated carbocycles. The van der Waals surface area contributed by atoms with Gasteiger partial charge in [-0.1, -0.05) is 18.2 Å². The molecule has 1 saturated heterocycles. The molecule has 0 amide bonds. The van der Waals surface area contributed by atoms with Crippen LogP contribution in [0.5, 0.6) is 11.5 Å². The van der Waals surface area contributed by atoms with Crippen LogP contribution in [0, 0.1) is 12.8 Å². The summed E-state index contributed by atoms with van der Waals surface area (Å²) < 4.78 is 6.26. The van der Waals surface area contributed by atoms with E-state index in [-0.39, 0.29) is 5.25 Å². The number of hydrogen-bond donors (Lipinski definition) is 2. The second kappa shape index (κ2) is 10.9. The zero-order valence-electron chi connectivity index (χ0n) is 18.8. The Kier molecular flexibility index (Phi) is 7.33. The molecule has 2 N–H and O–H groups in total. The lowest BCUT2D eigenvalue weighted by atomic mass is 9.93. The van der Waals surface area contributed by atoms with Gasteiger partial charge < -0.3 is 15.4 Å². The number of pyridine rings is 1. The van der Waals surface area contributed by atoms with Gasteiger partial charge in [-0.15, -0.1) is 23.1 Å². The Morgan fingerprint density at radius 1 is 1.12 bits per heavy atom. The molecule has 1 aliphatic heterocycles. The Labute approximate surface area is 207 Å². The predicted octanol–water partition coefficient (Wildman–Crippen LogP) is 6.01. The number of ether oxygens (including phenoxy) is 1. The highest BCUT2D eigenvalue weighted by atomic mass is 32.2. The van der Waals surface area contributed by atoms with Gasteiger partial charge in [-0.05, 0) is 57.0 Å². The number of hydrogen-bond acceptors (Lipinski definition) is 9. The van der Waals surface area contributed by atoms with E-state index in [0.29, 0.717) is 17.5 Å². The van der Waals surface area contributed by atoms with Crippen LogP contribution >= 0.6 is 23.1 Å². The van der Waals surface area contributed by atoms with Crippen LogP contribution in [0.4, 0.5) is 10.9 Å². The number of aryl methyl sites for hydroxylation is 1. The molecule has 1 atom stereocenters. The number of nitrogens with one attached hydrogen (secondary N) is 2. The standard InChI is InChI=1S/C25H26N6OS2/c1-17-16-33-25(30-17)31-24-22(32-19-5-3-2-4-6-19)13-20(14-29-24)34-23(18-7-9-26-10-8-18)21-15-27-11-12-28-21/h2-6,11-16,18,23,26H,7-10H2,1H3,(H,29,30,31). The van der Waals surface area contributed by atoms with Crippen molar-refractivity contribution in [2.75, 3.05) is 18.4 Å². The van der Waals surface area contributed by atoms with E-state index in [1.165, 1.54) is 0 Å². The topological polar surface area (TPSA) is 84.9 Å². The van der Waals surface area contributed by atoms with Crippen LogP contribution in [-0.2, 0) is 0 Å². The molecule has 1 aromatic carbocycles. The maximum absolute atomic E-state index is 6.26. The number of para-hydroxylation sites is 1. The summed E-state index contributed by atoms with van der Waals surface area (Å²) >= 11 is 3.32. The highest BCUT2D eigenvalue weighted by Gasteiger charge is 2.28. The Morgan fingerprint density at radius 3 is 2.71 bits per heavy atom. The highest BCUT2D eigenvalue weighted by molar-refractivity contribution is 7.99. The van der Waals surface area contributed by atoms with Crippen LogP contribution in [0.1, 0.15) is 29.5 Å². The first-order valence-electron chi connectivity index (χ1n) is 11.3. The molecule has 9 heteroatoms. The second-order valence-electron chi connectivity index (χ2n) is 8.11. The molecule has 174 valence electrons. The Hall–Kier alpha value is -3.01. The van der Waals surface area contributed by atoms with Crippen molar-refractivity contribution < 1.29 is 4.74 Å². The minimum absolute atomic E-state index is 0.197. The molecule has 0 radical (unpaired) electrons. The molecule has 1 aliphatic rings. The van der Waals surface area contributed by atoms with Crippen molar-refractivity contribution in [1.29, 1.82) is 0 Å². The smallest absolute Gasteiger partial charge is 0.188 e. The zero-order chi connectivity index (χ0) is 23.2. The normalized spacial score (nSPS) is 15.1. The van der Waals surface area contributed by atoms with Gasteiger partial charge in [0, 0.05) is 35.1 Å². The molecular weight excluding hydrogens is 464 g/mol. The van der Waals surface area contributed by atoms with Gasteiger partial charge in [0.25, 0.3) is 0 Å². The summed E-state index contributed by atoms with van der Waals surface area (Å²) in [7, 11) is 0. The molecule has 3 aromatic heterocycles. The summed E-state index contributed by atoms with van der Waals surface area (Å²) in [5.74, 6) is 2.57.